The average Bonchev–Trinajstić information content (AvgIpc) is 3.00. The predicted molar refractivity (Wildman–Crippen MR) is 83.6 cm³/mol. The smallest absolute Gasteiger partial charge is 0.228 e. The van der Waals surface area contributed by atoms with Crippen LogP contribution in [0.5, 0.6) is 0 Å². The molecule has 1 saturated heterocycles. The van der Waals surface area contributed by atoms with Crippen molar-refractivity contribution in [1.29, 1.82) is 0 Å². The molecule has 1 amide bonds. The Labute approximate surface area is 129 Å². The number of aliphatic hydroxyl groups is 1. The van der Waals surface area contributed by atoms with E-state index in [0.717, 1.165) is 62.7 Å². The molecule has 0 bridgehead atoms. The van der Waals surface area contributed by atoms with Gasteiger partial charge in [-0.25, -0.2) is 4.98 Å². The molecule has 1 saturated carbocycles. The molecule has 116 valence electrons. The molecule has 1 aliphatic carbocycles. The van der Waals surface area contributed by atoms with Gasteiger partial charge in [-0.1, -0.05) is 0 Å². The van der Waals surface area contributed by atoms with Gasteiger partial charge in [-0.2, -0.15) is 0 Å². The summed E-state index contributed by atoms with van der Waals surface area (Å²) in [6.07, 6.45) is 3.11. The summed E-state index contributed by atoms with van der Waals surface area (Å²) >= 11 is 1.67. The number of thiazole rings is 1. The molecule has 3 rings (SSSR count). The van der Waals surface area contributed by atoms with Gasteiger partial charge in [-0.3, -0.25) is 4.79 Å². The minimum absolute atomic E-state index is 0.150. The molecule has 21 heavy (non-hydrogen) atoms. The quantitative estimate of drug-likeness (QED) is 0.902. The van der Waals surface area contributed by atoms with Gasteiger partial charge in [0.1, 0.15) is 0 Å². The summed E-state index contributed by atoms with van der Waals surface area (Å²) in [5.41, 5.74) is 1.06. The molecular weight excluding hydrogens is 286 g/mol. The number of carbonyl (C=O) groups excluding carboxylic acids is 1. The molecule has 6 heteroatoms. The highest BCUT2D eigenvalue weighted by atomic mass is 32.1. The van der Waals surface area contributed by atoms with E-state index in [1.165, 1.54) is 0 Å². The summed E-state index contributed by atoms with van der Waals surface area (Å²) < 4.78 is 0. The second kappa shape index (κ2) is 6.32. The monoisotopic (exact) mass is 309 g/mol. The number of carbonyl (C=O) groups is 1. The Morgan fingerprint density at radius 2 is 2.14 bits per heavy atom. The van der Waals surface area contributed by atoms with E-state index in [1.54, 1.807) is 11.3 Å². The Morgan fingerprint density at radius 1 is 1.29 bits per heavy atom. The van der Waals surface area contributed by atoms with E-state index in [-0.39, 0.29) is 11.8 Å². The van der Waals surface area contributed by atoms with Crippen molar-refractivity contribution in [3.05, 3.63) is 11.1 Å². The van der Waals surface area contributed by atoms with Crippen molar-refractivity contribution < 1.29 is 9.90 Å². The van der Waals surface area contributed by atoms with Crippen LogP contribution in [0.1, 0.15) is 31.4 Å². The standard InChI is InChI=1S/C15H23N3O2S/c1-11-10-21-15(16-11)18-7-3-6-17(8-9-18)14(20)12-4-2-5-13(12)19/h10,12-13,19H,2-9H2,1H3. The van der Waals surface area contributed by atoms with Crippen molar-refractivity contribution in [2.45, 2.75) is 38.7 Å². The van der Waals surface area contributed by atoms with Crippen molar-refractivity contribution in [2.75, 3.05) is 31.1 Å². The summed E-state index contributed by atoms with van der Waals surface area (Å²) in [6, 6.07) is 0. The Hall–Kier alpha value is -1.14. The van der Waals surface area contributed by atoms with Crippen LogP contribution in [0.15, 0.2) is 5.38 Å². The third kappa shape index (κ3) is 3.21. The van der Waals surface area contributed by atoms with Crippen LogP contribution in [0.4, 0.5) is 5.13 Å². The number of hydrogen-bond acceptors (Lipinski definition) is 5. The Balaban J connectivity index is 1.61. The number of amides is 1. The lowest BCUT2D eigenvalue weighted by molar-refractivity contribution is -0.138. The molecule has 2 fully saturated rings. The van der Waals surface area contributed by atoms with E-state index in [2.05, 4.69) is 15.3 Å². The highest BCUT2D eigenvalue weighted by Gasteiger charge is 2.34. The first-order valence-corrected chi connectivity index (χ1v) is 8.67. The lowest BCUT2D eigenvalue weighted by Crippen LogP contribution is -2.41. The SMILES string of the molecule is Cc1csc(N2CCCN(C(=O)C3CCCC3O)CC2)n1. The van der Waals surface area contributed by atoms with Crippen LogP contribution in [0, 0.1) is 12.8 Å². The maximum Gasteiger partial charge on any atom is 0.228 e. The first kappa shape index (κ1) is 14.8. The maximum absolute atomic E-state index is 12.5. The molecule has 1 N–H and O–H groups in total. The zero-order valence-corrected chi connectivity index (χ0v) is 13.3. The second-order valence-corrected chi connectivity index (χ2v) is 6.88. The number of aryl methyl sites for hydroxylation is 1. The zero-order valence-electron chi connectivity index (χ0n) is 12.5. The minimum Gasteiger partial charge on any atom is -0.392 e. The molecule has 2 heterocycles. The van der Waals surface area contributed by atoms with E-state index in [0.29, 0.717) is 0 Å². The van der Waals surface area contributed by atoms with E-state index in [1.807, 2.05) is 11.8 Å². The topological polar surface area (TPSA) is 56.7 Å². The van der Waals surface area contributed by atoms with Gasteiger partial charge in [0, 0.05) is 31.6 Å². The molecule has 2 atom stereocenters. The molecule has 1 aliphatic heterocycles. The minimum atomic E-state index is -0.432. The van der Waals surface area contributed by atoms with Crippen LogP contribution in [-0.2, 0) is 4.79 Å². The van der Waals surface area contributed by atoms with Crippen molar-refractivity contribution >= 4 is 22.4 Å². The Bertz CT molecular complexity index is 505. The van der Waals surface area contributed by atoms with Crippen molar-refractivity contribution in [3.8, 4) is 0 Å². The third-order valence-corrected chi connectivity index (χ3v) is 5.50. The van der Waals surface area contributed by atoms with Crippen LogP contribution in [-0.4, -0.2) is 53.2 Å². The van der Waals surface area contributed by atoms with Gasteiger partial charge in [-0.15, -0.1) is 11.3 Å². The van der Waals surface area contributed by atoms with Gasteiger partial charge < -0.3 is 14.9 Å². The number of aliphatic hydroxyl groups excluding tert-OH is 1. The number of aromatic nitrogens is 1. The van der Waals surface area contributed by atoms with Gasteiger partial charge in [0.15, 0.2) is 5.13 Å². The van der Waals surface area contributed by atoms with Gasteiger partial charge in [0.25, 0.3) is 0 Å². The number of rotatable bonds is 2. The van der Waals surface area contributed by atoms with Crippen molar-refractivity contribution in [3.63, 3.8) is 0 Å². The van der Waals surface area contributed by atoms with E-state index in [4.69, 9.17) is 0 Å². The fourth-order valence-corrected chi connectivity index (χ4v) is 4.14. The van der Waals surface area contributed by atoms with Crippen LogP contribution >= 0.6 is 11.3 Å². The van der Waals surface area contributed by atoms with Crippen LogP contribution in [0.25, 0.3) is 0 Å². The molecule has 5 nitrogen and oxygen atoms in total. The summed E-state index contributed by atoms with van der Waals surface area (Å²) in [4.78, 5) is 21.3. The molecule has 0 spiro atoms. The van der Waals surface area contributed by atoms with E-state index in [9.17, 15) is 9.90 Å². The van der Waals surface area contributed by atoms with Crippen LogP contribution < -0.4 is 4.90 Å². The summed E-state index contributed by atoms with van der Waals surface area (Å²) in [6.45, 7) is 5.32. The molecule has 0 radical (unpaired) electrons. The second-order valence-electron chi connectivity index (χ2n) is 6.04. The van der Waals surface area contributed by atoms with E-state index >= 15 is 0 Å². The number of hydrogen-bond donors (Lipinski definition) is 1. The van der Waals surface area contributed by atoms with Gasteiger partial charge in [-0.05, 0) is 32.6 Å². The van der Waals surface area contributed by atoms with Gasteiger partial charge >= 0.3 is 0 Å². The lowest BCUT2D eigenvalue weighted by atomic mass is 10.0. The van der Waals surface area contributed by atoms with Crippen molar-refractivity contribution in [2.24, 2.45) is 5.92 Å². The summed E-state index contributed by atoms with van der Waals surface area (Å²) in [5.74, 6) is -0.0178. The summed E-state index contributed by atoms with van der Waals surface area (Å²) in [5, 5.41) is 13.1. The fourth-order valence-electron chi connectivity index (χ4n) is 3.28. The molecule has 0 aromatic carbocycles. The average molecular weight is 309 g/mol. The highest BCUT2D eigenvalue weighted by Crippen LogP contribution is 2.28. The lowest BCUT2D eigenvalue weighted by Gasteiger charge is -2.25. The van der Waals surface area contributed by atoms with Crippen molar-refractivity contribution in [1.82, 2.24) is 9.88 Å². The predicted octanol–water partition coefficient (Wildman–Crippen LogP) is 1.65. The first-order valence-electron chi connectivity index (χ1n) is 7.79. The summed E-state index contributed by atoms with van der Waals surface area (Å²) in [7, 11) is 0. The molecule has 2 unspecified atom stereocenters. The number of anilines is 1. The first-order chi connectivity index (χ1) is 10.1. The zero-order chi connectivity index (χ0) is 14.8. The highest BCUT2D eigenvalue weighted by molar-refractivity contribution is 7.13. The van der Waals surface area contributed by atoms with E-state index < -0.39 is 6.10 Å². The Morgan fingerprint density at radius 3 is 2.81 bits per heavy atom. The molecule has 1 aromatic rings. The van der Waals surface area contributed by atoms with Gasteiger partial charge in [0.05, 0.1) is 17.7 Å². The molecule has 2 aliphatic rings. The normalized spacial score (nSPS) is 27.0. The fraction of sp³-hybridized carbons (Fsp3) is 0.733. The third-order valence-electron chi connectivity index (χ3n) is 4.48. The molecule has 1 aromatic heterocycles. The largest absolute Gasteiger partial charge is 0.392 e. The van der Waals surface area contributed by atoms with Gasteiger partial charge in [0.2, 0.25) is 5.91 Å². The van der Waals surface area contributed by atoms with Crippen LogP contribution in [0.2, 0.25) is 0 Å². The van der Waals surface area contributed by atoms with Crippen LogP contribution in [0.3, 0.4) is 0 Å². The molecular formula is C15H23N3O2S. The maximum atomic E-state index is 12.5. The number of nitrogens with zero attached hydrogens (tertiary/aromatic N) is 3. The Kier molecular flexibility index (Phi) is 4.45.